The van der Waals surface area contributed by atoms with Gasteiger partial charge in [-0.3, -0.25) is 0 Å². The van der Waals surface area contributed by atoms with Gasteiger partial charge in [0, 0.05) is 0 Å². The number of hydrogen-bond acceptors (Lipinski definition) is 0. The van der Waals surface area contributed by atoms with Crippen molar-refractivity contribution in [3.05, 3.63) is 129 Å². The Morgan fingerprint density at radius 3 is 1.25 bits per heavy atom. The minimum atomic E-state index is -4.73. The van der Waals surface area contributed by atoms with Crippen LogP contribution >= 0.6 is 17.0 Å². The van der Waals surface area contributed by atoms with E-state index in [2.05, 4.69) is 152 Å². The van der Waals surface area contributed by atoms with Gasteiger partial charge >= 0.3 is 275 Å². The fourth-order valence-electron chi connectivity index (χ4n) is 7.85. The van der Waals surface area contributed by atoms with Crippen LogP contribution in [0.4, 0.5) is 0 Å². The molecule has 0 bridgehead atoms. The molecule has 0 spiro atoms. The van der Waals surface area contributed by atoms with E-state index in [1.165, 1.54) is 66.8 Å². The Hall–Kier alpha value is -1.96. The van der Waals surface area contributed by atoms with Gasteiger partial charge in [0.1, 0.15) is 0 Å². The molecule has 0 radical (unpaired) electrons. The van der Waals surface area contributed by atoms with Gasteiger partial charge in [0.05, 0.1) is 0 Å². The summed E-state index contributed by atoms with van der Waals surface area (Å²) in [5.41, 5.74) is 14.6. The molecule has 0 amide bonds. The zero-order valence-corrected chi connectivity index (χ0v) is 32.3. The van der Waals surface area contributed by atoms with Crippen LogP contribution in [0, 0.1) is 0 Å². The van der Waals surface area contributed by atoms with Crippen LogP contribution in [0.2, 0.25) is 13.1 Å². The molecule has 4 aromatic carbocycles. The molecule has 0 saturated carbocycles. The van der Waals surface area contributed by atoms with Gasteiger partial charge in [-0.1, -0.05) is 0 Å². The van der Waals surface area contributed by atoms with Gasteiger partial charge in [-0.25, -0.2) is 0 Å². The van der Waals surface area contributed by atoms with Gasteiger partial charge in [-0.2, -0.15) is 0 Å². The molecule has 226 valence electrons. The number of allylic oxidation sites excluding steroid dienone is 2. The Morgan fingerprint density at radius 2 is 0.932 bits per heavy atom. The first-order valence-electron chi connectivity index (χ1n) is 16.0. The molecule has 0 saturated heterocycles. The van der Waals surface area contributed by atoms with Crippen molar-refractivity contribution < 1.29 is 15.0 Å². The SMILES string of the molecule is CC1=Cc2c(-c3ccc(C(C)C)cc3)cccc2[CH]1[Zr]([Cl])([Cl])([CH]1C(C)=Cc2c(-c3ccc(C(C)C)cc3)cccc21)=[Si](C)C. The third-order valence-corrected chi connectivity index (χ3v) is 57.3. The zero-order chi connectivity index (χ0) is 31.6. The predicted molar refractivity (Wildman–Crippen MR) is 194 cm³/mol. The van der Waals surface area contributed by atoms with Crippen LogP contribution in [0.1, 0.15) is 94.0 Å². The average Bonchev–Trinajstić information content (AvgIpc) is 3.53. The van der Waals surface area contributed by atoms with Crippen molar-refractivity contribution in [3.8, 4) is 22.3 Å². The number of fused-ring (bicyclic) bond motifs is 2. The third-order valence-electron chi connectivity index (χ3n) is 10.3. The monoisotopic (exact) mass is 712 g/mol. The summed E-state index contributed by atoms with van der Waals surface area (Å²) in [7, 11) is 16.9. The van der Waals surface area contributed by atoms with E-state index in [1.807, 2.05) is 0 Å². The first kappa shape index (κ1) is 32.0. The Bertz CT molecular complexity index is 1770. The van der Waals surface area contributed by atoms with Crippen LogP contribution in [0.3, 0.4) is 0 Å². The summed E-state index contributed by atoms with van der Waals surface area (Å²) < 4.78 is 0.170. The molecule has 4 heteroatoms. The summed E-state index contributed by atoms with van der Waals surface area (Å²) in [5.74, 6) is 1.03. The van der Waals surface area contributed by atoms with E-state index in [-0.39, 0.29) is 7.25 Å². The molecular formula is C40H44Cl2SiZr. The molecule has 2 aliphatic rings. The Labute approximate surface area is 273 Å². The van der Waals surface area contributed by atoms with Gasteiger partial charge in [0.25, 0.3) is 0 Å². The average molecular weight is 715 g/mol. The first-order chi connectivity index (χ1) is 20.8. The van der Waals surface area contributed by atoms with Crippen LogP contribution in [0.5, 0.6) is 0 Å². The second-order valence-electron chi connectivity index (χ2n) is 14.0. The van der Waals surface area contributed by atoms with Crippen molar-refractivity contribution in [1.29, 1.82) is 0 Å². The topological polar surface area (TPSA) is 0 Å². The van der Waals surface area contributed by atoms with Crippen molar-refractivity contribution in [2.45, 2.75) is 73.7 Å². The van der Waals surface area contributed by atoms with E-state index in [0.29, 0.717) is 11.8 Å². The number of halogens is 2. The maximum absolute atomic E-state index is 8.43. The summed E-state index contributed by atoms with van der Waals surface area (Å²) in [5, 5.41) is 0. The molecule has 0 aromatic heterocycles. The molecule has 0 fully saturated rings. The zero-order valence-electron chi connectivity index (χ0n) is 27.3. The second kappa shape index (κ2) is 11.7. The molecular weight excluding hydrogens is 671 g/mol. The van der Waals surface area contributed by atoms with Crippen molar-refractivity contribution in [2.24, 2.45) is 0 Å². The number of hydrogen-bond donors (Lipinski definition) is 0. The van der Waals surface area contributed by atoms with Gasteiger partial charge in [0.15, 0.2) is 0 Å². The first-order valence-corrected chi connectivity index (χ1v) is 31.4. The van der Waals surface area contributed by atoms with Crippen LogP contribution in [-0.4, -0.2) is 5.43 Å². The molecule has 44 heavy (non-hydrogen) atoms. The Kier molecular flexibility index (Phi) is 8.50. The second-order valence-corrected chi connectivity index (χ2v) is 52.7. The van der Waals surface area contributed by atoms with E-state index in [9.17, 15) is 0 Å². The van der Waals surface area contributed by atoms with E-state index < -0.39 is 20.4 Å². The van der Waals surface area contributed by atoms with Crippen molar-refractivity contribution in [2.75, 3.05) is 0 Å². The summed E-state index contributed by atoms with van der Waals surface area (Å²) in [6.07, 6.45) is 4.80. The molecule has 2 unspecified atom stereocenters. The van der Waals surface area contributed by atoms with Crippen LogP contribution in [0.25, 0.3) is 34.4 Å². The van der Waals surface area contributed by atoms with Crippen molar-refractivity contribution >= 4 is 34.6 Å². The van der Waals surface area contributed by atoms with E-state index in [4.69, 9.17) is 17.0 Å². The molecule has 0 aliphatic heterocycles. The molecule has 0 N–H and O–H groups in total. The number of rotatable bonds is 6. The molecule has 2 aliphatic carbocycles. The van der Waals surface area contributed by atoms with Crippen molar-refractivity contribution in [3.63, 3.8) is 0 Å². The quantitative estimate of drug-likeness (QED) is 0.174. The fraction of sp³-hybridized carbons (Fsp3) is 0.300. The molecule has 0 nitrogen and oxygen atoms in total. The molecule has 4 aromatic rings. The van der Waals surface area contributed by atoms with Gasteiger partial charge in [-0.15, -0.1) is 0 Å². The van der Waals surface area contributed by atoms with Crippen LogP contribution in [-0.2, 0) is 15.0 Å². The van der Waals surface area contributed by atoms with E-state index in [1.54, 1.807) is 0 Å². The summed E-state index contributed by atoms with van der Waals surface area (Å²) >= 11 is -4.73. The third kappa shape index (κ3) is 5.04. The predicted octanol–water partition coefficient (Wildman–Crippen LogP) is 13.1. The van der Waals surface area contributed by atoms with E-state index in [0.717, 1.165) is 0 Å². The van der Waals surface area contributed by atoms with Crippen LogP contribution in [0.15, 0.2) is 96.1 Å². The van der Waals surface area contributed by atoms with Gasteiger partial charge in [-0.05, 0) is 0 Å². The summed E-state index contributed by atoms with van der Waals surface area (Å²) in [6, 6.07) is 31.8. The fourth-order valence-corrected chi connectivity index (χ4v) is 38.3. The summed E-state index contributed by atoms with van der Waals surface area (Å²) in [6.45, 7) is 18.3. The van der Waals surface area contributed by atoms with Crippen LogP contribution < -0.4 is 0 Å². The standard InChI is InChI=1S/2C19H19.C2H6Si.2ClH.Zr/c2*1-13(2)15-7-9-16(10-8-15)18-6-4-5-17-11-14(3)12-19(17)18;1-3-2;;;/h2*4-13H,1-3H3;1-2H3;2*1H;/q;;;;;+2/p-2. The Balaban J connectivity index is 1.50. The minimum absolute atomic E-state index is 0.0850. The van der Waals surface area contributed by atoms with E-state index >= 15 is 0 Å². The Morgan fingerprint density at radius 1 is 0.568 bits per heavy atom. The normalized spacial score (nSPS) is 17.9. The molecule has 6 rings (SSSR count). The van der Waals surface area contributed by atoms with Crippen molar-refractivity contribution in [1.82, 2.24) is 0 Å². The molecule has 0 heterocycles. The van der Waals surface area contributed by atoms with Gasteiger partial charge in [0.2, 0.25) is 0 Å². The van der Waals surface area contributed by atoms with Gasteiger partial charge < -0.3 is 0 Å². The molecule has 2 atom stereocenters. The summed E-state index contributed by atoms with van der Waals surface area (Å²) in [4.78, 5) is 0. The maximum atomic E-state index is 8.43. The number of benzene rings is 4.